The van der Waals surface area contributed by atoms with E-state index in [2.05, 4.69) is 20.4 Å². The molecule has 110 valence electrons. The summed E-state index contributed by atoms with van der Waals surface area (Å²) in [4.78, 5) is 22.9. The number of esters is 2. The molecule has 0 heterocycles. The van der Waals surface area contributed by atoms with Gasteiger partial charge in [-0.25, -0.2) is 9.59 Å². The minimum atomic E-state index is -0.882. The molecular weight excluding hydrogens is 244 g/mol. The highest BCUT2D eigenvalue weighted by Crippen LogP contribution is 2.13. The Morgan fingerprint density at radius 2 is 1.89 bits per heavy atom. The smallest absolute Gasteiger partial charge is 0.347 e. The molecule has 0 rings (SSSR count). The third-order valence-electron chi connectivity index (χ3n) is 2.97. The van der Waals surface area contributed by atoms with Crippen molar-refractivity contribution in [1.29, 1.82) is 0 Å². The maximum Gasteiger partial charge on any atom is 0.347 e. The molecule has 0 radical (unpaired) electrons. The van der Waals surface area contributed by atoms with Gasteiger partial charge in [0.05, 0.1) is 6.61 Å². The normalized spacial score (nSPS) is 13.5. The minimum Gasteiger partial charge on any atom is -0.463 e. The molecule has 4 nitrogen and oxygen atoms in total. The molecule has 0 fully saturated rings. The summed E-state index contributed by atoms with van der Waals surface area (Å²) < 4.78 is 10.1. The van der Waals surface area contributed by atoms with Crippen LogP contribution in [0.15, 0.2) is 12.2 Å². The van der Waals surface area contributed by atoms with Crippen LogP contribution in [0.1, 0.15) is 53.4 Å². The quantitative estimate of drug-likeness (QED) is 0.476. The van der Waals surface area contributed by atoms with Gasteiger partial charge in [0.25, 0.3) is 0 Å². The van der Waals surface area contributed by atoms with Gasteiger partial charge in [-0.1, -0.05) is 39.7 Å². The largest absolute Gasteiger partial charge is 0.463 e. The highest BCUT2D eigenvalue weighted by atomic mass is 16.6. The molecule has 0 saturated heterocycles. The second-order valence-corrected chi connectivity index (χ2v) is 4.87. The molecule has 0 amide bonds. The highest BCUT2D eigenvalue weighted by Gasteiger charge is 2.20. The average Bonchev–Trinajstić information content (AvgIpc) is 2.38. The van der Waals surface area contributed by atoms with Crippen molar-refractivity contribution in [1.82, 2.24) is 0 Å². The van der Waals surface area contributed by atoms with E-state index in [1.807, 2.05) is 0 Å². The maximum absolute atomic E-state index is 11.7. The SMILES string of the molecule is C=C(C)C(=O)OC(C)C(=O)OCC(CC)CCCC. The molecule has 4 heteroatoms. The molecule has 0 aromatic rings. The van der Waals surface area contributed by atoms with Crippen LogP contribution in [-0.2, 0) is 19.1 Å². The Morgan fingerprint density at radius 3 is 2.37 bits per heavy atom. The van der Waals surface area contributed by atoms with Crippen molar-refractivity contribution in [2.75, 3.05) is 6.61 Å². The number of ether oxygens (including phenoxy) is 2. The number of carbonyl (C=O) groups excluding carboxylic acids is 2. The summed E-state index contributed by atoms with van der Waals surface area (Å²) in [6.45, 7) is 11.1. The van der Waals surface area contributed by atoms with Crippen molar-refractivity contribution in [3.63, 3.8) is 0 Å². The van der Waals surface area contributed by atoms with Crippen molar-refractivity contribution in [2.45, 2.75) is 59.5 Å². The van der Waals surface area contributed by atoms with Crippen LogP contribution in [0.25, 0.3) is 0 Å². The molecule has 0 saturated carbocycles. The summed E-state index contributed by atoms with van der Waals surface area (Å²) in [6.07, 6.45) is 3.42. The van der Waals surface area contributed by atoms with Crippen LogP contribution in [0, 0.1) is 5.92 Å². The Morgan fingerprint density at radius 1 is 1.26 bits per heavy atom. The molecule has 0 spiro atoms. The second kappa shape index (κ2) is 9.59. The molecule has 0 aromatic carbocycles. The highest BCUT2D eigenvalue weighted by molar-refractivity contribution is 5.89. The second-order valence-electron chi connectivity index (χ2n) is 4.87. The number of carbonyl (C=O) groups is 2. The van der Waals surface area contributed by atoms with Gasteiger partial charge in [0.2, 0.25) is 0 Å². The van der Waals surface area contributed by atoms with Crippen LogP contribution >= 0.6 is 0 Å². The van der Waals surface area contributed by atoms with Gasteiger partial charge in [0.15, 0.2) is 6.10 Å². The van der Waals surface area contributed by atoms with Crippen molar-refractivity contribution < 1.29 is 19.1 Å². The van der Waals surface area contributed by atoms with E-state index in [-0.39, 0.29) is 5.57 Å². The lowest BCUT2D eigenvalue weighted by Gasteiger charge is -2.17. The van der Waals surface area contributed by atoms with Crippen molar-refractivity contribution in [3.8, 4) is 0 Å². The monoisotopic (exact) mass is 270 g/mol. The van der Waals surface area contributed by atoms with Gasteiger partial charge >= 0.3 is 11.9 Å². The Kier molecular flexibility index (Phi) is 8.92. The van der Waals surface area contributed by atoms with Crippen LogP contribution in [0.5, 0.6) is 0 Å². The van der Waals surface area contributed by atoms with Crippen LogP contribution < -0.4 is 0 Å². The van der Waals surface area contributed by atoms with Gasteiger partial charge in [-0.3, -0.25) is 0 Å². The van der Waals surface area contributed by atoms with E-state index in [4.69, 9.17) is 9.47 Å². The molecular formula is C15H26O4. The van der Waals surface area contributed by atoms with Crippen LogP contribution in [0.2, 0.25) is 0 Å². The number of unbranched alkanes of at least 4 members (excludes halogenated alkanes) is 1. The van der Waals surface area contributed by atoms with Gasteiger partial charge in [-0.2, -0.15) is 0 Å². The van der Waals surface area contributed by atoms with E-state index in [0.29, 0.717) is 12.5 Å². The van der Waals surface area contributed by atoms with Gasteiger partial charge in [-0.05, 0) is 26.2 Å². The zero-order chi connectivity index (χ0) is 14.8. The lowest BCUT2D eigenvalue weighted by atomic mass is 10.0. The van der Waals surface area contributed by atoms with Crippen molar-refractivity contribution in [3.05, 3.63) is 12.2 Å². The van der Waals surface area contributed by atoms with Gasteiger partial charge in [0.1, 0.15) is 0 Å². The lowest BCUT2D eigenvalue weighted by molar-refractivity contribution is -0.165. The summed E-state index contributed by atoms with van der Waals surface area (Å²) in [5, 5.41) is 0. The molecule has 0 aliphatic rings. The molecule has 0 N–H and O–H groups in total. The molecule has 0 aliphatic heterocycles. The number of rotatable bonds is 9. The van der Waals surface area contributed by atoms with Crippen molar-refractivity contribution >= 4 is 11.9 Å². The Bertz CT molecular complexity index is 309. The van der Waals surface area contributed by atoms with E-state index >= 15 is 0 Å². The van der Waals surface area contributed by atoms with E-state index in [0.717, 1.165) is 25.7 Å². The number of hydrogen-bond acceptors (Lipinski definition) is 4. The third kappa shape index (κ3) is 7.65. The zero-order valence-electron chi connectivity index (χ0n) is 12.5. The molecule has 19 heavy (non-hydrogen) atoms. The van der Waals surface area contributed by atoms with E-state index in [1.165, 1.54) is 13.8 Å². The Balaban J connectivity index is 4.07. The van der Waals surface area contributed by atoms with E-state index in [9.17, 15) is 9.59 Å². The van der Waals surface area contributed by atoms with E-state index < -0.39 is 18.0 Å². The van der Waals surface area contributed by atoms with Gasteiger partial charge in [-0.15, -0.1) is 0 Å². The maximum atomic E-state index is 11.7. The minimum absolute atomic E-state index is 0.272. The Labute approximate surface area is 116 Å². The fourth-order valence-electron chi connectivity index (χ4n) is 1.52. The van der Waals surface area contributed by atoms with Gasteiger partial charge in [0, 0.05) is 5.57 Å². The molecule has 0 aromatic heterocycles. The van der Waals surface area contributed by atoms with E-state index in [1.54, 1.807) is 0 Å². The first-order chi connectivity index (χ1) is 8.92. The first-order valence-electron chi connectivity index (χ1n) is 6.95. The topological polar surface area (TPSA) is 52.6 Å². The summed E-state index contributed by atoms with van der Waals surface area (Å²) in [5.74, 6) is -0.681. The predicted octanol–water partition coefficient (Wildman–Crippen LogP) is 3.25. The Hall–Kier alpha value is -1.32. The fourth-order valence-corrected chi connectivity index (χ4v) is 1.52. The summed E-state index contributed by atoms with van der Waals surface area (Å²) in [7, 11) is 0. The van der Waals surface area contributed by atoms with Crippen LogP contribution in [-0.4, -0.2) is 24.6 Å². The standard InChI is InChI=1S/C15H26O4/c1-6-8-9-13(7-2)10-18-15(17)12(5)19-14(16)11(3)4/h12-13H,3,6-10H2,1-2,4-5H3. The molecule has 2 atom stereocenters. The summed E-state index contributed by atoms with van der Waals surface area (Å²) in [5.41, 5.74) is 0.272. The lowest BCUT2D eigenvalue weighted by Crippen LogP contribution is -2.28. The first kappa shape index (κ1) is 17.7. The third-order valence-corrected chi connectivity index (χ3v) is 2.97. The predicted molar refractivity (Wildman–Crippen MR) is 74.6 cm³/mol. The summed E-state index contributed by atoms with van der Waals surface area (Å²) >= 11 is 0. The zero-order valence-corrected chi connectivity index (χ0v) is 12.5. The molecule has 0 aliphatic carbocycles. The average molecular weight is 270 g/mol. The van der Waals surface area contributed by atoms with Crippen LogP contribution in [0.4, 0.5) is 0 Å². The molecule has 2 unspecified atom stereocenters. The first-order valence-corrected chi connectivity index (χ1v) is 6.95. The molecule has 0 bridgehead atoms. The van der Waals surface area contributed by atoms with Gasteiger partial charge < -0.3 is 9.47 Å². The van der Waals surface area contributed by atoms with Crippen LogP contribution in [0.3, 0.4) is 0 Å². The summed E-state index contributed by atoms with van der Waals surface area (Å²) in [6, 6.07) is 0. The fraction of sp³-hybridized carbons (Fsp3) is 0.733. The number of hydrogen-bond donors (Lipinski definition) is 0. The van der Waals surface area contributed by atoms with Crippen molar-refractivity contribution in [2.24, 2.45) is 5.92 Å².